The van der Waals surface area contributed by atoms with E-state index < -0.39 is 54.4 Å². The van der Waals surface area contributed by atoms with Crippen molar-refractivity contribution in [3.8, 4) is 0 Å². The van der Waals surface area contributed by atoms with E-state index in [9.17, 15) is 46.4 Å². The molecule has 4 rings (SSSR count). The third-order valence-electron chi connectivity index (χ3n) is 7.23. The average Bonchev–Trinajstić information content (AvgIpc) is 3.05. The Kier molecular flexibility index (Phi) is 20.1. The molecule has 26 heteroatoms. The van der Waals surface area contributed by atoms with Crippen LogP contribution in [0.3, 0.4) is 0 Å². The third kappa shape index (κ3) is 15.9. The van der Waals surface area contributed by atoms with E-state index in [2.05, 4.69) is 40.5 Å². The normalized spacial score (nSPS) is 13.8. The number of nitrogens with zero attached hydrogens (tertiary/aromatic N) is 8. The first-order valence-electron chi connectivity index (χ1n) is 16.6. The molecular formula is C32H42Cl2N10Na2O10S2. The van der Waals surface area contributed by atoms with Crippen LogP contribution in [0, 0.1) is 0 Å². The monoisotopic (exact) mass is 906 g/mol. The number of benzene rings is 2. The summed E-state index contributed by atoms with van der Waals surface area (Å²) in [7, 11) is -9.78. The molecule has 0 aliphatic carbocycles. The third-order valence-corrected chi connectivity index (χ3v) is 9.39. The number of nitrogens with one attached hydrogen (secondary N) is 2. The summed E-state index contributed by atoms with van der Waals surface area (Å²) in [6.07, 6.45) is -0.890. The van der Waals surface area contributed by atoms with E-state index in [1.165, 1.54) is 73.9 Å². The molecule has 0 bridgehead atoms. The topological polar surface area (TPSA) is 298 Å². The van der Waals surface area contributed by atoms with E-state index in [1.54, 1.807) is 0 Å². The van der Waals surface area contributed by atoms with Crippen LogP contribution >= 0.6 is 23.2 Å². The predicted molar refractivity (Wildman–Crippen MR) is 223 cm³/mol. The van der Waals surface area contributed by atoms with Crippen LogP contribution in [0.25, 0.3) is 12.2 Å². The Morgan fingerprint density at radius 3 is 1.17 bits per heavy atom. The van der Waals surface area contributed by atoms with E-state index in [4.69, 9.17) is 23.2 Å². The van der Waals surface area contributed by atoms with Crippen molar-refractivity contribution in [2.45, 2.75) is 61.9 Å². The van der Waals surface area contributed by atoms with Crippen LogP contribution in [0.1, 0.15) is 38.8 Å². The summed E-state index contributed by atoms with van der Waals surface area (Å²) < 4.78 is 70.2. The number of rotatable bonds is 18. The number of halogens is 2. The number of hydrogen-bond acceptors (Lipinski definition) is 18. The molecule has 0 fully saturated rings. The molecule has 2 aromatic heterocycles. The Bertz CT molecular complexity index is 2100. The van der Waals surface area contributed by atoms with Crippen LogP contribution in [-0.4, -0.2) is 186 Å². The molecule has 8 N–H and O–H groups in total. The minimum atomic E-state index is -4.89. The molecular weight excluding hydrogens is 865 g/mol. The molecule has 0 aliphatic rings. The van der Waals surface area contributed by atoms with Crippen molar-refractivity contribution in [2.75, 3.05) is 46.6 Å². The van der Waals surface area contributed by atoms with Crippen molar-refractivity contribution in [2.24, 2.45) is 0 Å². The fourth-order valence-corrected chi connectivity index (χ4v) is 6.94. The number of hydrogen-bond donors (Lipinski definition) is 8. The predicted octanol–water partition coefficient (Wildman–Crippen LogP) is 1.35. The van der Waals surface area contributed by atoms with Crippen LogP contribution in [0.15, 0.2) is 46.2 Å². The van der Waals surface area contributed by atoms with E-state index in [-0.39, 0.29) is 142 Å². The summed E-state index contributed by atoms with van der Waals surface area (Å²) in [4.78, 5) is 26.4. The van der Waals surface area contributed by atoms with Crippen molar-refractivity contribution < 1.29 is 46.4 Å². The summed E-state index contributed by atoms with van der Waals surface area (Å²) in [6.45, 7) is 6.30. The average molecular weight is 908 g/mol. The SMILES string of the molecule is CC(O)CN(CC(C)O)c1nc(Cl)nc(Nc2ccc(/C=C/c3ccc(Nc4nc(Cl)nc(N(CC(C)O)CC(C)O)n4)cc3S(=O)(=O)O)c(S(=O)(=O)O)c2)n1.[NaH].[NaH]. The molecule has 4 atom stereocenters. The Balaban J connectivity index is 0.00000580. The van der Waals surface area contributed by atoms with E-state index in [0.717, 1.165) is 12.1 Å². The molecule has 0 saturated carbocycles. The zero-order valence-corrected chi connectivity index (χ0v) is 33.4. The van der Waals surface area contributed by atoms with Gasteiger partial charge in [-0.15, -0.1) is 0 Å². The summed E-state index contributed by atoms with van der Waals surface area (Å²) in [5.41, 5.74) is -0.00304. The zero-order valence-electron chi connectivity index (χ0n) is 30.2. The Hall–Kier alpha value is -2.36. The molecule has 0 amide bonds. The van der Waals surface area contributed by atoms with Gasteiger partial charge in [0.05, 0.1) is 24.4 Å². The Labute approximate surface area is 389 Å². The van der Waals surface area contributed by atoms with Gasteiger partial charge < -0.3 is 40.9 Å². The molecule has 2 aromatic carbocycles. The second kappa shape index (κ2) is 22.5. The minimum absolute atomic E-state index is 0. The Morgan fingerprint density at radius 1 is 0.586 bits per heavy atom. The first-order valence-corrected chi connectivity index (χ1v) is 20.2. The van der Waals surface area contributed by atoms with Crippen LogP contribution in [0.5, 0.6) is 0 Å². The number of aliphatic hydroxyl groups excluding tert-OH is 4. The fraction of sp³-hybridized carbons (Fsp3) is 0.375. The van der Waals surface area contributed by atoms with Gasteiger partial charge in [0.25, 0.3) is 20.2 Å². The van der Waals surface area contributed by atoms with Crippen molar-refractivity contribution in [3.63, 3.8) is 0 Å². The number of aliphatic hydroxyl groups is 4. The summed E-state index contributed by atoms with van der Waals surface area (Å²) >= 11 is 12.2. The van der Waals surface area contributed by atoms with Gasteiger partial charge in [-0.1, -0.05) is 24.3 Å². The van der Waals surface area contributed by atoms with E-state index in [1.807, 2.05) is 0 Å². The quantitative estimate of drug-likeness (QED) is 0.0397. The van der Waals surface area contributed by atoms with Gasteiger partial charge in [0.1, 0.15) is 9.79 Å². The number of aromatic nitrogens is 6. The van der Waals surface area contributed by atoms with Gasteiger partial charge in [-0.2, -0.15) is 46.7 Å². The van der Waals surface area contributed by atoms with Crippen LogP contribution in [0.4, 0.5) is 35.2 Å². The molecule has 20 nitrogen and oxygen atoms in total. The van der Waals surface area contributed by atoms with Crippen LogP contribution in [-0.2, 0) is 20.2 Å². The van der Waals surface area contributed by atoms with Gasteiger partial charge in [-0.3, -0.25) is 9.11 Å². The van der Waals surface area contributed by atoms with Gasteiger partial charge >= 0.3 is 59.1 Å². The first-order chi connectivity index (χ1) is 26.1. The van der Waals surface area contributed by atoms with Crippen molar-refractivity contribution >= 4 is 150 Å². The van der Waals surface area contributed by atoms with Crippen molar-refractivity contribution in [3.05, 3.63) is 58.1 Å². The van der Waals surface area contributed by atoms with Gasteiger partial charge in [0.2, 0.25) is 34.4 Å². The van der Waals surface area contributed by atoms with Gasteiger partial charge in [-0.25, -0.2) is 0 Å². The molecule has 0 radical (unpaired) electrons. The summed E-state index contributed by atoms with van der Waals surface area (Å²) in [6, 6.07) is 7.52. The van der Waals surface area contributed by atoms with E-state index in [0.29, 0.717) is 0 Å². The molecule has 4 aromatic rings. The first kappa shape index (κ1) is 51.8. The Morgan fingerprint density at radius 2 is 0.897 bits per heavy atom. The van der Waals surface area contributed by atoms with Crippen molar-refractivity contribution in [1.29, 1.82) is 0 Å². The van der Waals surface area contributed by atoms with Crippen LogP contribution in [0.2, 0.25) is 10.6 Å². The summed E-state index contributed by atoms with van der Waals surface area (Å²) in [5, 5.41) is 44.7. The molecule has 58 heavy (non-hydrogen) atoms. The fourth-order valence-electron chi connectivity index (χ4n) is 5.21. The number of anilines is 6. The molecule has 2 heterocycles. The second-order valence-corrected chi connectivity index (χ2v) is 16.2. The molecule has 0 spiro atoms. The van der Waals surface area contributed by atoms with Crippen LogP contribution < -0.4 is 20.4 Å². The molecule has 0 aliphatic heterocycles. The molecule has 308 valence electrons. The van der Waals surface area contributed by atoms with Gasteiger partial charge in [-0.05, 0) is 86.3 Å². The van der Waals surface area contributed by atoms with Crippen molar-refractivity contribution in [1.82, 2.24) is 29.9 Å². The maximum absolute atomic E-state index is 12.5. The van der Waals surface area contributed by atoms with Gasteiger partial charge in [0, 0.05) is 37.6 Å². The maximum atomic E-state index is 12.5. The van der Waals surface area contributed by atoms with Gasteiger partial charge in [0.15, 0.2) is 0 Å². The van der Waals surface area contributed by atoms with E-state index >= 15 is 0 Å². The standard InChI is InChI=1S/C32H40Cl2N10O10S2.2Na.2H/c1-17(45)13-43(14-18(2)46)31-39-27(33)37-29(41-31)35-23-9-7-21(25(11-23)55(49,50)51)5-6-22-8-10-24(12-26(22)56(52,53)54)36-30-38-28(34)40-32(42-30)44(15-19(3)47)16-20(4)48;;;;/h5-12,17-20,45-48H,13-16H2,1-4H3,(H,49,50,51)(H,52,53,54)(H,35,37,39,41)(H,36,38,40,42);;;;/b6-5+;;;;. The second-order valence-electron chi connectivity index (χ2n) is 12.7. The summed E-state index contributed by atoms with van der Waals surface area (Å²) in [5.74, 6) is -0.253. The zero-order chi connectivity index (χ0) is 41.5. The molecule has 0 saturated heterocycles. The molecule has 4 unspecified atom stereocenters.